The van der Waals surface area contributed by atoms with E-state index in [1.165, 1.54) is 46.5 Å². The van der Waals surface area contributed by atoms with Crippen molar-refractivity contribution in [2.45, 2.75) is 75.4 Å². The first-order valence-electron chi connectivity index (χ1n) is 15.5. The Balaban J connectivity index is 1.55. The molecule has 5 rings (SSSR count). The summed E-state index contributed by atoms with van der Waals surface area (Å²) in [6.45, 7) is 3.19. The average Bonchev–Trinajstić information content (AvgIpc) is 3.05. The predicted octanol–water partition coefficient (Wildman–Crippen LogP) is 1.46. The summed E-state index contributed by atoms with van der Waals surface area (Å²) in [4.78, 5) is 40.3. The molecule has 2 aromatic rings. The van der Waals surface area contributed by atoms with Crippen molar-refractivity contribution in [1.29, 1.82) is 5.26 Å². The molecule has 258 valence electrons. The summed E-state index contributed by atoms with van der Waals surface area (Å²) in [5, 5.41) is 58.8. The Labute approximate surface area is 277 Å². The number of phenolic OH excluding ortho intramolecular Hbond substituents is 2. The molecule has 2 aliphatic carbocycles. The number of aliphatic hydroxyl groups is 2. The van der Waals surface area contributed by atoms with Crippen LogP contribution in [0.3, 0.4) is 0 Å². The van der Waals surface area contributed by atoms with Crippen LogP contribution < -0.4 is 10.1 Å². The zero-order chi connectivity index (χ0) is 35.1. The monoisotopic (exact) mass is 668 g/mol. The number of fused-ring (bicyclic) bond motifs is 3. The number of benzene rings is 2. The maximum Gasteiger partial charge on any atom is 0.202 e. The molecule has 14 heteroatoms. The largest absolute Gasteiger partial charge is 0.507 e. The summed E-state index contributed by atoms with van der Waals surface area (Å²) in [7, 11) is 4.33. The van der Waals surface area contributed by atoms with Gasteiger partial charge in [-0.15, -0.1) is 0 Å². The van der Waals surface area contributed by atoms with Crippen LogP contribution in [0.25, 0.3) is 0 Å². The summed E-state index contributed by atoms with van der Waals surface area (Å²) < 4.78 is 28.1. The number of aromatic hydroxyl groups is 2. The van der Waals surface area contributed by atoms with Gasteiger partial charge in [-0.2, -0.15) is 5.26 Å². The Morgan fingerprint density at radius 2 is 1.77 bits per heavy atom. The number of phenols is 2. The van der Waals surface area contributed by atoms with Gasteiger partial charge in [0.2, 0.25) is 5.78 Å². The molecule has 0 spiro atoms. The molecule has 2 aromatic carbocycles. The number of ketones is 3. The van der Waals surface area contributed by atoms with E-state index in [0.29, 0.717) is 0 Å². The lowest BCUT2D eigenvalue weighted by Gasteiger charge is -2.43. The highest BCUT2D eigenvalue weighted by Gasteiger charge is 2.49. The highest BCUT2D eigenvalue weighted by atomic mass is 16.7. The van der Waals surface area contributed by atoms with Crippen LogP contribution in [-0.4, -0.2) is 109 Å². The van der Waals surface area contributed by atoms with Gasteiger partial charge < -0.3 is 44.1 Å². The minimum Gasteiger partial charge on any atom is -0.507 e. The number of nitrogens with one attached hydrogen (secondary N) is 1. The first-order valence-corrected chi connectivity index (χ1v) is 15.5. The highest BCUT2D eigenvalue weighted by Crippen LogP contribution is 2.52. The molecule has 1 fully saturated rings. The summed E-state index contributed by atoms with van der Waals surface area (Å²) in [5.74, 6) is -3.75. The quantitative estimate of drug-likeness (QED) is 0.183. The van der Waals surface area contributed by atoms with Gasteiger partial charge in [0, 0.05) is 62.1 Å². The van der Waals surface area contributed by atoms with Crippen LogP contribution in [0.5, 0.6) is 17.2 Å². The van der Waals surface area contributed by atoms with Gasteiger partial charge >= 0.3 is 0 Å². The van der Waals surface area contributed by atoms with Crippen molar-refractivity contribution in [3.05, 3.63) is 51.6 Å². The fourth-order valence-electron chi connectivity index (χ4n) is 6.97. The Bertz CT molecular complexity index is 1650. The van der Waals surface area contributed by atoms with Crippen LogP contribution in [0.1, 0.15) is 75.8 Å². The van der Waals surface area contributed by atoms with Crippen molar-refractivity contribution in [2.24, 2.45) is 5.92 Å². The van der Waals surface area contributed by atoms with Gasteiger partial charge in [-0.3, -0.25) is 19.7 Å². The third-order valence-corrected chi connectivity index (χ3v) is 9.52. The molecule has 14 nitrogen and oxygen atoms in total. The fraction of sp³-hybridized carbons (Fsp3) is 0.529. The van der Waals surface area contributed by atoms with E-state index >= 15 is 0 Å². The predicted molar refractivity (Wildman–Crippen MR) is 166 cm³/mol. The number of methoxy groups -OCH3 is 3. The number of ether oxygens (including phenoxy) is 5. The zero-order valence-electron chi connectivity index (χ0n) is 27.3. The van der Waals surface area contributed by atoms with Crippen molar-refractivity contribution in [1.82, 2.24) is 5.32 Å². The fourth-order valence-corrected chi connectivity index (χ4v) is 6.97. The van der Waals surface area contributed by atoms with Crippen molar-refractivity contribution in [2.75, 3.05) is 34.5 Å². The third-order valence-electron chi connectivity index (χ3n) is 9.52. The summed E-state index contributed by atoms with van der Waals surface area (Å²) >= 11 is 0. The molecule has 0 aromatic heterocycles. The van der Waals surface area contributed by atoms with E-state index < -0.39 is 88.7 Å². The lowest BCUT2D eigenvalue weighted by atomic mass is 9.72. The number of hydrogen-bond donors (Lipinski definition) is 5. The van der Waals surface area contributed by atoms with Gasteiger partial charge in [-0.25, -0.2) is 0 Å². The lowest BCUT2D eigenvalue weighted by Crippen LogP contribution is -2.58. The van der Waals surface area contributed by atoms with Crippen LogP contribution in [-0.2, 0) is 30.2 Å². The van der Waals surface area contributed by atoms with Crippen LogP contribution in [0.4, 0.5) is 0 Å². The SMILES string of the molecule is COCC(COC)C(C#N)NC1CC(O[C@H]2C[C@](O)(C(C)=O)Cc3c(O)c4c(c(O)c32)C(=O)c2c(OC)cccc2C4=O)OC(C)C1O. The van der Waals surface area contributed by atoms with Crippen molar-refractivity contribution < 1.29 is 58.5 Å². The molecular weight excluding hydrogens is 628 g/mol. The number of aliphatic hydroxyl groups excluding tert-OH is 1. The molecule has 0 amide bonds. The molecule has 3 aliphatic rings. The van der Waals surface area contributed by atoms with E-state index in [1.54, 1.807) is 6.92 Å². The van der Waals surface area contributed by atoms with Crippen molar-refractivity contribution in [3.63, 3.8) is 0 Å². The van der Waals surface area contributed by atoms with Gasteiger partial charge in [-0.1, -0.05) is 12.1 Å². The minimum atomic E-state index is -2.07. The lowest BCUT2D eigenvalue weighted by molar-refractivity contribution is -0.250. The number of rotatable bonds is 11. The Kier molecular flexibility index (Phi) is 10.2. The minimum absolute atomic E-state index is 0.0135. The second kappa shape index (κ2) is 13.9. The van der Waals surface area contributed by atoms with E-state index in [9.17, 15) is 40.1 Å². The summed E-state index contributed by atoms with van der Waals surface area (Å²) in [5.41, 5.74) is -3.32. The zero-order valence-corrected chi connectivity index (χ0v) is 27.3. The van der Waals surface area contributed by atoms with E-state index in [0.717, 1.165) is 0 Å². The van der Waals surface area contributed by atoms with E-state index in [-0.39, 0.29) is 60.0 Å². The summed E-state index contributed by atoms with van der Waals surface area (Å²) in [6.07, 6.45) is -5.19. The maximum absolute atomic E-state index is 13.9. The van der Waals surface area contributed by atoms with Crippen molar-refractivity contribution in [3.8, 4) is 23.3 Å². The Hall–Kier alpha value is -3.94. The topological polar surface area (TPSA) is 214 Å². The Morgan fingerprint density at radius 1 is 1.10 bits per heavy atom. The second-order valence-corrected chi connectivity index (χ2v) is 12.5. The highest BCUT2D eigenvalue weighted by molar-refractivity contribution is 6.31. The molecule has 1 heterocycles. The first-order chi connectivity index (χ1) is 22.8. The average molecular weight is 669 g/mol. The van der Waals surface area contributed by atoms with Crippen LogP contribution in [0, 0.1) is 17.2 Å². The molecule has 0 bridgehead atoms. The van der Waals surface area contributed by atoms with Crippen molar-refractivity contribution >= 4 is 17.3 Å². The number of Topliss-reactive ketones (excluding diaryl/α,β-unsaturated/α-hetero) is 1. The van der Waals surface area contributed by atoms with Gasteiger partial charge in [0.05, 0.1) is 61.4 Å². The summed E-state index contributed by atoms with van der Waals surface area (Å²) in [6, 6.07) is 5.08. The smallest absolute Gasteiger partial charge is 0.202 e. The molecule has 1 aliphatic heterocycles. The van der Waals surface area contributed by atoms with Gasteiger partial charge in [0.15, 0.2) is 17.9 Å². The van der Waals surface area contributed by atoms with Gasteiger partial charge in [-0.05, 0) is 19.9 Å². The van der Waals surface area contributed by atoms with E-state index in [4.69, 9.17) is 23.7 Å². The number of nitriles is 1. The first kappa shape index (κ1) is 35.4. The second-order valence-electron chi connectivity index (χ2n) is 12.5. The molecule has 0 saturated carbocycles. The molecule has 5 N–H and O–H groups in total. The molecule has 7 atom stereocenters. The molecular formula is C34H40N2O12. The van der Waals surface area contributed by atoms with E-state index in [1.807, 2.05) is 0 Å². The number of hydrogen-bond acceptors (Lipinski definition) is 14. The van der Waals surface area contributed by atoms with E-state index in [2.05, 4.69) is 11.4 Å². The molecule has 0 radical (unpaired) electrons. The van der Waals surface area contributed by atoms with Gasteiger partial charge in [0.25, 0.3) is 0 Å². The molecule has 1 saturated heterocycles. The maximum atomic E-state index is 13.9. The number of carbonyl (C=O) groups excluding carboxylic acids is 3. The normalized spacial score (nSPS) is 27.1. The van der Waals surface area contributed by atoms with Crippen LogP contribution in [0.2, 0.25) is 0 Å². The van der Waals surface area contributed by atoms with Crippen LogP contribution in [0.15, 0.2) is 18.2 Å². The number of nitrogens with zero attached hydrogens (tertiary/aromatic N) is 1. The standard InChI is InChI=1S/C34H40N2O12/c1-15-29(38)20(36-21(12-35)17(13-44-3)14-45-4)9-24(47-15)48-23-11-34(43,16(2)37)10-19-26(23)33(42)28-27(31(19)40)30(39)18-7-6-8-22(46-5)25(18)32(28)41/h6-8,15,17,20-21,23-24,29,36,38,40,42-43H,9-11,13-14H2,1-5H3/t15?,20?,21?,23-,24?,29?,34-/m0/s1. The number of carbonyl (C=O) groups is 3. The van der Waals surface area contributed by atoms with Gasteiger partial charge in [0.1, 0.15) is 28.9 Å². The third kappa shape index (κ3) is 6.07. The van der Waals surface area contributed by atoms with Crippen LogP contribution >= 0.6 is 0 Å². The molecule has 48 heavy (non-hydrogen) atoms. The Morgan fingerprint density at radius 3 is 2.38 bits per heavy atom. The molecule has 5 unspecified atom stereocenters.